The van der Waals surface area contributed by atoms with Crippen LogP contribution in [0.1, 0.15) is 33.3 Å². The van der Waals surface area contributed by atoms with Gasteiger partial charge in [0.15, 0.2) is 0 Å². The standard InChI is InChI=1S/C15H23ClN2O2/c1-10(2)18-15(19)17-8-7-12-5-6-14(13(16)9-12)20-11(3)4/h5-6,9-11H,7-8H2,1-4H3,(H2,17,18,19). The summed E-state index contributed by atoms with van der Waals surface area (Å²) in [6.45, 7) is 8.34. The summed E-state index contributed by atoms with van der Waals surface area (Å²) in [5, 5.41) is 6.18. The molecule has 0 radical (unpaired) electrons. The van der Waals surface area contributed by atoms with Crippen molar-refractivity contribution in [1.29, 1.82) is 0 Å². The Morgan fingerprint density at radius 1 is 1.30 bits per heavy atom. The molecule has 1 aromatic rings. The van der Waals surface area contributed by atoms with Crippen LogP contribution in [-0.2, 0) is 6.42 Å². The lowest BCUT2D eigenvalue weighted by molar-refractivity contribution is 0.238. The van der Waals surface area contributed by atoms with Crippen molar-refractivity contribution in [2.75, 3.05) is 6.54 Å². The first-order valence-electron chi connectivity index (χ1n) is 6.88. The van der Waals surface area contributed by atoms with Gasteiger partial charge in [0, 0.05) is 12.6 Å². The molecule has 0 spiro atoms. The number of hydrogen-bond acceptors (Lipinski definition) is 2. The van der Waals surface area contributed by atoms with Crippen LogP contribution in [-0.4, -0.2) is 24.7 Å². The number of amides is 2. The second-order valence-corrected chi connectivity index (χ2v) is 5.64. The van der Waals surface area contributed by atoms with Crippen LogP contribution in [0.2, 0.25) is 5.02 Å². The van der Waals surface area contributed by atoms with E-state index in [2.05, 4.69) is 10.6 Å². The largest absolute Gasteiger partial charge is 0.489 e. The average Bonchev–Trinajstić information content (AvgIpc) is 2.31. The number of urea groups is 1. The van der Waals surface area contributed by atoms with E-state index >= 15 is 0 Å². The maximum atomic E-state index is 11.4. The maximum absolute atomic E-state index is 11.4. The highest BCUT2D eigenvalue weighted by Crippen LogP contribution is 2.26. The first kappa shape index (κ1) is 16.6. The van der Waals surface area contributed by atoms with Crippen molar-refractivity contribution in [3.8, 4) is 5.75 Å². The Hall–Kier alpha value is -1.42. The first-order chi connectivity index (χ1) is 9.38. The van der Waals surface area contributed by atoms with Crippen molar-refractivity contribution in [2.24, 2.45) is 0 Å². The Kier molecular flexibility index (Phi) is 6.65. The molecule has 112 valence electrons. The highest BCUT2D eigenvalue weighted by atomic mass is 35.5. The van der Waals surface area contributed by atoms with E-state index in [0.29, 0.717) is 17.3 Å². The van der Waals surface area contributed by atoms with Gasteiger partial charge in [-0.2, -0.15) is 0 Å². The Morgan fingerprint density at radius 3 is 2.55 bits per heavy atom. The topological polar surface area (TPSA) is 50.4 Å². The number of carbonyl (C=O) groups is 1. The van der Waals surface area contributed by atoms with Gasteiger partial charge in [-0.25, -0.2) is 4.79 Å². The molecule has 1 rings (SSSR count). The third kappa shape index (κ3) is 6.15. The average molecular weight is 299 g/mol. The third-order valence-electron chi connectivity index (χ3n) is 2.48. The lowest BCUT2D eigenvalue weighted by atomic mass is 10.1. The van der Waals surface area contributed by atoms with E-state index in [-0.39, 0.29) is 18.2 Å². The lowest BCUT2D eigenvalue weighted by Gasteiger charge is -2.13. The van der Waals surface area contributed by atoms with Crippen LogP contribution in [0.25, 0.3) is 0 Å². The molecule has 20 heavy (non-hydrogen) atoms. The van der Waals surface area contributed by atoms with E-state index < -0.39 is 0 Å². The quantitative estimate of drug-likeness (QED) is 0.846. The molecular formula is C15H23ClN2O2. The summed E-state index contributed by atoms with van der Waals surface area (Å²) >= 11 is 6.16. The highest BCUT2D eigenvalue weighted by Gasteiger charge is 2.06. The van der Waals surface area contributed by atoms with E-state index in [1.807, 2.05) is 45.9 Å². The Morgan fingerprint density at radius 2 is 2.00 bits per heavy atom. The van der Waals surface area contributed by atoms with Gasteiger partial charge in [-0.05, 0) is 51.8 Å². The number of rotatable bonds is 6. The summed E-state index contributed by atoms with van der Waals surface area (Å²) in [7, 11) is 0. The fourth-order valence-electron chi connectivity index (χ4n) is 1.68. The van der Waals surface area contributed by atoms with Gasteiger partial charge < -0.3 is 15.4 Å². The van der Waals surface area contributed by atoms with E-state index in [1.54, 1.807) is 0 Å². The minimum Gasteiger partial charge on any atom is -0.489 e. The molecule has 0 aliphatic heterocycles. The molecule has 0 atom stereocenters. The van der Waals surface area contributed by atoms with Gasteiger partial charge in [0.25, 0.3) is 0 Å². The van der Waals surface area contributed by atoms with Gasteiger partial charge in [-0.3, -0.25) is 0 Å². The molecule has 1 aromatic carbocycles. The molecule has 2 amide bonds. The summed E-state index contributed by atoms with van der Waals surface area (Å²) in [5.41, 5.74) is 1.07. The highest BCUT2D eigenvalue weighted by molar-refractivity contribution is 6.32. The summed E-state index contributed by atoms with van der Waals surface area (Å²) in [5.74, 6) is 0.691. The molecule has 0 saturated carbocycles. The summed E-state index contributed by atoms with van der Waals surface area (Å²) in [4.78, 5) is 11.4. The third-order valence-corrected chi connectivity index (χ3v) is 2.77. The fourth-order valence-corrected chi connectivity index (χ4v) is 1.93. The molecule has 0 bridgehead atoms. The van der Waals surface area contributed by atoms with E-state index in [9.17, 15) is 4.79 Å². The normalized spacial score (nSPS) is 10.8. The predicted molar refractivity (Wildman–Crippen MR) is 82.6 cm³/mol. The lowest BCUT2D eigenvalue weighted by Crippen LogP contribution is -2.40. The van der Waals surface area contributed by atoms with Crippen LogP contribution in [0, 0.1) is 0 Å². The Bertz CT molecular complexity index is 447. The van der Waals surface area contributed by atoms with Gasteiger partial charge in [0.05, 0.1) is 11.1 Å². The summed E-state index contributed by atoms with van der Waals surface area (Å²) in [6.07, 6.45) is 0.826. The summed E-state index contributed by atoms with van der Waals surface area (Å²) in [6, 6.07) is 5.70. The zero-order valence-electron chi connectivity index (χ0n) is 12.5. The van der Waals surface area contributed by atoms with E-state index in [1.165, 1.54) is 0 Å². The zero-order valence-corrected chi connectivity index (χ0v) is 13.3. The van der Waals surface area contributed by atoms with Gasteiger partial charge in [-0.1, -0.05) is 17.7 Å². The van der Waals surface area contributed by atoms with Crippen molar-refractivity contribution < 1.29 is 9.53 Å². The van der Waals surface area contributed by atoms with Gasteiger partial charge in [0.2, 0.25) is 0 Å². The van der Waals surface area contributed by atoms with Crippen LogP contribution < -0.4 is 15.4 Å². The second kappa shape index (κ2) is 8.00. The number of ether oxygens (including phenoxy) is 1. The fraction of sp³-hybridized carbons (Fsp3) is 0.533. The van der Waals surface area contributed by atoms with Gasteiger partial charge in [-0.15, -0.1) is 0 Å². The van der Waals surface area contributed by atoms with Crippen LogP contribution >= 0.6 is 11.6 Å². The maximum Gasteiger partial charge on any atom is 0.314 e. The van der Waals surface area contributed by atoms with Crippen molar-refractivity contribution >= 4 is 17.6 Å². The number of benzene rings is 1. The molecule has 0 heterocycles. The predicted octanol–water partition coefficient (Wildman–Crippen LogP) is 3.38. The Labute approximate surface area is 125 Å². The smallest absolute Gasteiger partial charge is 0.314 e. The molecule has 0 aromatic heterocycles. The van der Waals surface area contributed by atoms with Crippen LogP contribution in [0.5, 0.6) is 5.75 Å². The second-order valence-electron chi connectivity index (χ2n) is 5.24. The number of carbonyl (C=O) groups excluding carboxylic acids is 1. The minimum atomic E-state index is -0.147. The number of halogens is 1. The van der Waals surface area contributed by atoms with E-state index in [4.69, 9.17) is 16.3 Å². The zero-order chi connectivity index (χ0) is 15.1. The molecule has 0 saturated heterocycles. The van der Waals surface area contributed by atoms with E-state index in [0.717, 1.165) is 12.0 Å². The SMILES string of the molecule is CC(C)NC(=O)NCCc1ccc(OC(C)C)c(Cl)c1. The van der Waals surface area contributed by atoms with Crippen molar-refractivity contribution in [2.45, 2.75) is 46.3 Å². The molecule has 0 aliphatic rings. The van der Waals surface area contributed by atoms with Crippen LogP contribution in [0.4, 0.5) is 4.79 Å². The monoisotopic (exact) mass is 298 g/mol. The molecule has 2 N–H and O–H groups in total. The van der Waals surface area contributed by atoms with Crippen molar-refractivity contribution in [3.05, 3.63) is 28.8 Å². The minimum absolute atomic E-state index is 0.0970. The first-order valence-corrected chi connectivity index (χ1v) is 7.25. The summed E-state index contributed by atoms with van der Waals surface area (Å²) < 4.78 is 5.57. The molecule has 5 heteroatoms. The van der Waals surface area contributed by atoms with Crippen LogP contribution in [0.3, 0.4) is 0 Å². The molecule has 0 unspecified atom stereocenters. The number of nitrogens with one attached hydrogen (secondary N) is 2. The van der Waals surface area contributed by atoms with Crippen LogP contribution in [0.15, 0.2) is 18.2 Å². The van der Waals surface area contributed by atoms with Crippen molar-refractivity contribution in [1.82, 2.24) is 10.6 Å². The molecular weight excluding hydrogens is 276 g/mol. The van der Waals surface area contributed by atoms with Crippen molar-refractivity contribution in [3.63, 3.8) is 0 Å². The molecule has 0 fully saturated rings. The van der Waals surface area contributed by atoms with Gasteiger partial charge in [0.1, 0.15) is 5.75 Å². The number of hydrogen-bond donors (Lipinski definition) is 2. The molecule has 0 aliphatic carbocycles. The molecule has 4 nitrogen and oxygen atoms in total. The van der Waals surface area contributed by atoms with Gasteiger partial charge >= 0.3 is 6.03 Å². The Balaban J connectivity index is 2.45.